The standard InChI is InChI=1S/C29H60NO5P/c1-5-6-7-8-9-10-11-12-13-14-15-16-17-18-19-20-23-29(26-28(2)31)27-35-36(32,33)34-25-22-21-24-30(3)4/h29H,5-27H2,1-4H3,(H,32,33)/p+1. The van der Waals surface area contributed by atoms with Crippen LogP contribution in [0.3, 0.4) is 0 Å². The lowest BCUT2D eigenvalue weighted by molar-refractivity contribution is -0.858. The number of hydrogen-bond donors (Lipinski definition) is 2. The maximum absolute atomic E-state index is 12.1. The summed E-state index contributed by atoms with van der Waals surface area (Å²) in [6, 6.07) is 0. The molecule has 0 aliphatic heterocycles. The summed E-state index contributed by atoms with van der Waals surface area (Å²) in [5, 5.41) is 0. The molecule has 2 unspecified atom stereocenters. The second kappa shape index (κ2) is 25.0. The molecule has 6 nitrogen and oxygen atoms in total. The quantitative estimate of drug-likeness (QED) is 0.0814. The van der Waals surface area contributed by atoms with E-state index in [1.807, 2.05) is 0 Å². The SMILES string of the molecule is CCCCCCCCCCCCCCCCCCC(COP(=O)(O)OCCCC[NH+](C)C)CC(C)=O. The van der Waals surface area contributed by atoms with Crippen LogP contribution in [0.4, 0.5) is 0 Å². The lowest BCUT2D eigenvalue weighted by Crippen LogP contribution is -3.05. The number of phosphoric acid groups is 1. The first-order valence-electron chi connectivity index (χ1n) is 15.2. The largest absolute Gasteiger partial charge is 0.472 e. The number of hydrogen-bond acceptors (Lipinski definition) is 4. The van der Waals surface area contributed by atoms with Crippen molar-refractivity contribution in [3.63, 3.8) is 0 Å². The van der Waals surface area contributed by atoms with Gasteiger partial charge in [0.25, 0.3) is 0 Å². The van der Waals surface area contributed by atoms with Crippen molar-refractivity contribution in [2.75, 3.05) is 33.9 Å². The highest BCUT2D eigenvalue weighted by Gasteiger charge is 2.23. The molecule has 2 atom stereocenters. The third kappa shape index (κ3) is 26.8. The van der Waals surface area contributed by atoms with E-state index >= 15 is 0 Å². The minimum absolute atomic E-state index is 0.0180. The predicted octanol–water partition coefficient (Wildman–Crippen LogP) is 7.29. The van der Waals surface area contributed by atoms with Gasteiger partial charge in [0.2, 0.25) is 0 Å². The Kier molecular flexibility index (Phi) is 24.9. The van der Waals surface area contributed by atoms with Gasteiger partial charge in [-0.15, -0.1) is 0 Å². The first-order chi connectivity index (χ1) is 17.3. The third-order valence-electron chi connectivity index (χ3n) is 6.84. The third-order valence-corrected chi connectivity index (χ3v) is 7.83. The van der Waals surface area contributed by atoms with Gasteiger partial charge in [-0.3, -0.25) is 9.05 Å². The normalized spacial score (nSPS) is 14.3. The number of ketones is 1. The van der Waals surface area contributed by atoms with Crippen molar-refractivity contribution in [3.8, 4) is 0 Å². The lowest BCUT2D eigenvalue weighted by Gasteiger charge is -2.18. The monoisotopic (exact) mass is 534 g/mol. The molecule has 2 N–H and O–H groups in total. The first-order valence-corrected chi connectivity index (χ1v) is 16.7. The Hall–Kier alpha value is -0.260. The molecule has 0 amide bonds. The zero-order valence-corrected chi connectivity index (χ0v) is 25.3. The number of unbranched alkanes of at least 4 members (excludes halogenated alkanes) is 16. The summed E-state index contributed by atoms with van der Waals surface area (Å²) in [6.07, 6.45) is 24.2. The van der Waals surface area contributed by atoms with Crippen LogP contribution in [0.25, 0.3) is 0 Å². The molecule has 0 aliphatic rings. The molecule has 0 fully saturated rings. The van der Waals surface area contributed by atoms with E-state index < -0.39 is 7.82 Å². The van der Waals surface area contributed by atoms with Crippen LogP contribution in [0.15, 0.2) is 0 Å². The minimum atomic E-state index is -4.05. The van der Waals surface area contributed by atoms with Crippen LogP contribution in [-0.4, -0.2) is 44.5 Å². The summed E-state index contributed by atoms with van der Waals surface area (Å²) in [7, 11) is 0.110. The van der Waals surface area contributed by atoms with Gasteiger partial charge in [0, 0.05) is 6.42 Å². The van der Waals surface area contributed by atoms with Gasteiger partial charge in [-0.05, 0) is 32.1 Å². The van der Waals surface area contributed by atoms with Crippen molar-refractivity contribution in [2.24, 2.45) is 5.92 Å². The topological polar surface area (TPSA) is 77.3 Å². The summed E-state index contributed by atoms with van der Waals surface area (Å²) in [5.74, 6) is 0.0792. The number of Topliss-reactive ketones (excluding diaryl/α,β-unsaturated/α-hetero) is 1. The second-order valence-corrected chi connectivity index (χ2v) is 12.6. The number of carbonyl (C=O) groups excluding carboxylic acids is 1. The summed E-state index contributed by atoms with van der Waals surface area (Å²) in [6.45, 7) is 5.17. The Morgan fingerprint density at radius 1 is 0.750 bits per heavy atom. The molecule has 0 spiro atoms. The minimum Gasteiger partial charge on any atom is -0.340 e. The van der Waals surface area contributed by atoms with Crippen molar-refractivity contribution in [2.45, 2.75) is 142 Å². The maximum Gasteiger partial charge on any atom is 0.472 e. The summed E-state index contributed by atoms with van der Waals surface area (Å²) in [4.78, 5) is 22.9. The number of quaternary nitrogens is 1. The Balaban J connectivity index is 3.75. The summed E-state index contributed by atoms with van der Waals surface area (Å²) >= 11 is 0. The van der Waals surface area contributed by atoms with Gasteiger partial charge in [0.1, 0.15) is 5.78 Å². The molecule has 0 aromatic carbocycles. The Morgan fingerprint density at radius 3 is 1.67 bits per heavy atom. The molecule has 36 heavy (non-hydrogen) atoms. The molecule has 216 valence electrons. The van der Waals surface area contributed by atoms with Gasteiger partial charge < -0.3 is 14.6 Å². The average molecular weight is 535 g/mol. The molecule has 0 aliphatic carbocycles. The van der Waals surface area contributed by atoms with Crippen LogP contribution in [0.2, 0.25) is 0 Å². The molecule has 0 saturated heterocycles. The van der Waals surface area contributed by atoms with E-state index in [2.05, 4.69) is 21.0 Å². The molecular weight excluding hydrogens is 473 g/mol. The number of rotatable bonds is 28. The van der Waals surface area contributed by atoms with Crippen molar-refractivity contribution in [1.82, 2.24) is 0 Å². The van der Waals surface area contributed by atoms with E-state index in [0.29, 0.717) is 6.42 Å². The van der Waals surface area contributed by atoms with Gasteiger partial charge in [0.15, 0.2) is 0 Å². The van der Waals surface area contributed by atoms with Crippen LogP contribution >= 0.6 is 7.82 Å². The molecule has 0 bridgehead atoms. The Bertz CT molecular complexity index is 544. The van der Waals surface area contributed by atoms with Crippen molar-refractivity contribution in [1.29, 1.82) is 0 Å². The lowest BCUT2D eigenvalue weighted by atomic mass is 9.96. The molecule has 0 heterocycles. The molecule has 0 saturated carbocycles. The van der Waals surface area contributed by atoms with Crippen molar-refractivity contribution >= 4 is 13.6 Å². The van der Waals surface area contributed by atoms with E-state index in [-0.39, 0.29) is 24.9 Å². The number of carbonyl (C=O) groups is 1. The van der Waals surface area contributed by atoms with Crippen LogP contribution in [0.5, 0.6) is 0 Å². The van der Waals surface area contributed by atoms with Crippen molar-refractivity contribution in [3.05, 3.63) is 0 Å². The van der Waals surface area contributed by atoms with Crippen molar-refractivity contribution < 1.29 is 28.2 Å². The van der Waals surface area contributed by atoms with E-state index in [9.17, 15) is 14.3 Å². The van der Waals surface area contributed by atoms with Crippen LogP contribution in [-0.2, 0) is 18.4 Å². The molecule has 0 aromatic heterocycles. The fourth-order valence-electron chi connectivity index (χ4n) is 4.63. The second-order valence-electron chi connectivity index (χ2n) is 11.1. The zero-order chi connectivity index (χ0) is 26.9. The van der Waals surface area contributed by atoms with Gasteiger partial charge in [-0.1, -0.05) is 110 Å². The zero-order valence-electron chi connectivity index (χ0n) is 24.4. The highest BCUT2D eigenvalue weighted by Crippen LogP contribution is 2.44. The maximum atomic E-state index is 12.1. The highest BCUT2D eigenvalue weighted by molar-refractivity contribution is 7.47. The number of phosphoric ester groups is 1. The highest BCUT2D eigenvalue weighted by atomic mass is 31.2. The molecule has 0 radical (unpaired) electrons. The fourth-order valence-corrected chi connectivity index (χ4v) is 5.46. The van der Waals surface area contributed by atoms with Gasteiger partial charge in [0.05, 0.1) is 33.9 Å². The van der Waals surface area contributed by atoms with E-state index in [1.165, 1.54) is 94.8 Å². The molecule has 0 aromatic rings. The van der Waals surface area contributed by atoms with E-state index in [1.54, 1.807) is 6.92 Å². The molecule has 7 heteroatoms. The van der Waals surface area contributed by atoms with Gasteiger partial charge >= 0.3 is 7.82 Å². The fraction of sp³-hybridized carbons (Fsp3) is 0.966. The average Bonchev–Trinajstić information content (AvgIpc) is 2.81. The van der Waals surface area contributed by atoms with Gasteiger partial charge in [-0.2, -0.15) is 0 Å². The molecule has 0 rings (SSSR count). The predicted molar refractivity (Wildman–Crippen MR) is 152 cm³/mol. The summed E-state index contributed by atoms with van der Waals surface area (Å²) < 4.78 is 22.5. The van der Waals surface area contributed by atoms with Crippen LogP contribution < -0.4 is 4.90 Å². The van der Waals surface area contributed by atoms with E-state index in [4.69, 9.17) is 9.05 Å². The Morgan fingerprint density at radius 2 is 1.22 bits per heavy atom. The first kappa shape index (κ1) is 35.7. The number of nitrogens with one attached hydrogen (secondary N) is 1. The van der Waals surface area contributed by atoms with E-state index in [0.717, 1.165) is 38.6 Å². The van der Waals surface area contributed by atoms with Gasteiger partial charge in [-0.25, -0.2) is 4.57 Å². The summed E-state index contributed by atoms with van der Waals surface area (Å²) in [5.41, 5.74) is 0. The molecular formula is C29H61NO5P+. The van der Waals surface area contributed by atoms with Crippen LogP contribution in [0.1, 0.15) is 142 Å². The Labute approximate surface area is 223 Å². The smallest absolute Gasteiger partial charge is 0.340 e. The van der Waals surface area contributed by atoms with Crippen LogP contribution in [0, 0.1) is 5.92 Å².